The molecule has 0 fully saturated rings. The minimum Gasteiger partial charge on any atom is -0.423 e. The van der Waals surface area contributed by atoms with E-state index < -0.39 is 16.1 Å². The quantitative estimate of drug-likeness (QED) is 0.629. The average Bonchev–Trinajstić information content (AvgIpc) is 2.24. The molecule has 0 saturated carbocycles. The Morgan fingerprint density at radius 2 is 1.53 bits per heavy atom. The molecule has 1 aromatic heterocycles. The van der Waals surface area contributed by atoms with Gasteiger partial charge in [0.1, 0.15) is 5.58 Å². The van der Waals surface area contributed by atoms with Crippen molar-refractivity contribution < 1.29 is 4.42 Å². The molecule has 19 heavy (non-hydrogen) atoms. The van der Waals surface area contributed by atoms with Gasteiger partial charge < -0.3 is 4.42 Å². The van der Waals surface area contributed by atoms with Crippen molar-refractivity contribution >= 4 is 37.5 Å². The minimum atomic E-state index is -1.64. The van der Waals surface area contributed by atoms with Crippen molar-refractivity contribution in [3.63, 3.8) is 0 Å². The predicted octanol–water partition coefficient (Wildman–Crippen LogP) is 2.88. The zero-order valence-corrected chi connectivity index (χ0v) is 14.6. The Kier molecular flexibility index (Phi) is 3.35. The lowest BCUT2D eigenvalue weighted by Crippen LogP contribution is -2.46. The maximum Gasteiger partial charge on any atom is 0.335 e. The molecule has 0 atom stereocenters. The van der Waals surface area contributed by atoms with Gasteiger partial charge in [0.2, 0.25) is 0 Å². The third-order valence-electron chi connectivity index (χ3n) is 3.41. The van der Waals surface area contributed by atoms with Crippen molar-refractivity contribution in [1.82, 2.24) is 0 Å². The van der Waals surface area contributed by atoms with Gasteiger partial charge in [0.05, 0.1) is 16.1 Å². The van der Waals surface area contributed by atoms with Crippen molar-refractivity contribution in [2.45, 2.75) is 39.3 Å². The molecule has 2 rings (SSSR count). The average molecular weight is 291 g/mol. The van der Waals surface area contributed by atoms with Crippen LogP contribution in [0.25, 0.3) is 11.0 Å². The summed E-state index contributed by atoms with van der Waals surface area (Å²) in [5, 5.41) is 3.24. The van der Waals surface area contributed by atoms with E-state index >= 15 is 0 Å². The molecule has 0 aliphatic rings. The molecule has 0 unspecified atom stereocenters. The Morgan fingerprint density at radius 1 is 0.895 bits per heavy atom. The molecule has 1 aromatic carbocycles. The molecule has 0 radical (unpaired) electrons. The number of fused-ring (bicyclic) bond motifs is 1. The second kappa shape index (κ2) is 4.46. The fourth-order valence-corrected chi connectivity index (χ4v) is 4.50. The molecule has 0 saturated heterocycles. The predicted molar refractivity (Wildman–Crippen MR) is 88.4 cm³/mol. The molecule has 0 aliphatic carbocycles. The van der Waals surface area contributed by atoms with Crippen LogP contribution in [0.3, 0.4) is 0 Å². The largest absolute Gasteiger partial charge is 0.423 e. The zero-order valence-electron chi connectivity index (χ0n) is 12.6. The SMILES string of the molecule is C[Si](C)(C)c1ccc2cc([Si](C)(C)C)c(=O)oc2c1. The summed E-state index contributed by atoms with van der Waals surface area (Å²) in [6, 6.07) is 8.36. The van der Waals surface area contributed by atoms with E-state index in [4.69, 9.17) is 4.42 Å². The first-order valence-corrected chi connectivity index (χ1v) is 13.7. The highest BCUT2D eigenvalue weighted by Crippen LogP contribution is 2.13. The maximum atomic E-state index is 12.1. The van der Waals surface area contributed by atoms with Crippen LogP contribution in [0.1, 0.15) is 0 Å². The summed E-state index contributed by atoms with van der Waals surface area (Å²) in [5.41, 5.74) is 0.575. The van der Waals surface area contributed by atoms with Crippen LogP contribution in [0.2, 0.25) is 39.3 Å². The Morgan fingerprint density at radius 3 is 2.05 bits per heavy atom. The van der Waals surface area contributed by atoms with Gasteiger partial charge in [-0.05, 0) is 12.1 Å². The summed E-state index contributed by atoms with van der Waals surface area (Å²) in [6.45, 7) is 13.4. The lowest BCUT2D eigenvalue weighted by molar-refractivity contribution is 0.566. The highest BCUT2D eigenvalue weighted by atomic mass is 28.3. The van der Waals surface area contributed by atoms with E-state index in [0.717, 1.165) is 16.2 Å². The molecule has 102 valence electrons. The molecular formula is C15H22O2Si2. The number of hydrogen-bond donors (Lipinski definition) is 0. The molecule has 0 N–H and O–H groups in total. The van der Waals surface area contributed by atoms with Crippen LogP contribution in [0.4, 0.5) is 0 Å². The third kappa shape index (κ3) is 2.90. The summed E-state index contributed by atoms with van der Waals surface area (Å²) in [5.74, 6) is 0. The summed E-state index contributed by atoms with van der Waals surface area (Å²) in [6.07, 6.45) is 0. The molecule has 0 amide bonds. The molecule has 0 spiro atoms. The second-order valence-corrected chi connectivity index (χ2v) is 17.3. The molecule has 0 aliphatic heterocycles. The first kappa shape index (κ1) is 14.3. The van der Waals surface area contributed by atoms with Crippen LogP contribution in [0, 0.1) is 0 Å². The van der Waals surface area contributed by atoms with E-state index in [2.05, 4.69) is 57.5 Å². The van der Waals surface area contributed by atoms with Gasteiger partial charge in [0.25, 0.3) is 0 Å². The molecule has 1 heterocycles. The summed E-state index contributed by atoms with van der Waals surface area (Å²) in [7, 11) is -3.01. The standard InChI is InChI=1S/C15H22O2Si2/c1-18(2,3)12-8-7-11-9-14(19(4,5)6)15(16)17-13(11)10-12/h7-10H,1-6H3. The highest BCUT2D eigenvalue weighted by Gasteiger charge is 2.23. The van der Waals surface area contributed by atoms with Gasteiger partial charge >= 0.3 is 5.63 Å². The molecular weight excluding hydrogens is 268 g/mol. The second-order valence-electron chi connectivity index (χ2n) is 7.20. The third-order valence-corrected chi connectivity index (χ3v) is 7.42. The minimum absolute atomic E-state index is 0.153. The fraction of sp³-hybridized carbons (Fsp3) is 0.400. The van der Waals surface area contributed by atoms with Gasteiger partial charge in [0, 0.05) is 10.6 Å². The van der Waals surface area contributed by atoms with Crippen LogP contribution >= 0.6 is 0 Å². The van der Waals surface area contributed by atoms with Crippen LogP contribution in [0.5, 0.6) is 0 Å². The molecule has 4 heteroatoms. The van der Waals surface area contributed by atoms with E-state index in [0.29, 0.717) is 0 Å². The number of hydrogen-bond acceptors (Lipinski definition) is 2. The van der Waals surface area contributed by atoms with Gasteiger partial charge in [-0.25, -0.2) is 4.79 Å². The van der Waals surface area contributed by atoms with E-state index in [-0.39, 0.29) is 5.63 Å². The Hall–Kier alpha value is -1.14. The smallest absolute Gasteiger partial charge is 0.335 e. The van der Waals surface area contributed by atoms with Crippen LogP contribution < -0.4 is 16.0 Å². The van der Waals surface area contributed by atoms with Crippen LogP contribution in [0.15, 0.2) is 33.5 Å². The molecule has 0 bridgehead atoms. The zero-order chi connectivity index (χ0) is 14.4. The maximum absolute atomic E-state index is 12.1. The lowest BCUT2D eigenvalue weighted by atomic mass is 10.2. The summed E-state index contributed by atoms with van der Waals surface area (Å²) < 4.78 is 5.56. The number of rotatable bonds is 2. The van der Waals surface area contributed by atoms with E-state index in [1.54, 1.807) is 0 Å². The van der Waals surface area contributed by atoms with Gasteiger partial charge in [-0.1, -0.05) is 56.6 Å². The van der Waals surface area contributed by atoms with Gasteiger partial charge in [-0.2, -0.15) is 0 Å². The monoisotopic (exact) mass is 290 g/mol. The van der Waals surface area contributed by atoms with Gasteiger partial charge in [0.15, 0.2) is 0 Å². The Balaban J connectivity index is 2.69. The van der Waals surface area contributed by atoms with Crippen molar-refractivity contribution in [2.75, 3.05) is 0 Å². The first-order valence-electron chi connectivity index (χ1n) is 6.68. The van der Waals surface area contributed by atoms with E-state index in [1.165, 1.54) is 5.19 Å². The van der Waals surface area contributed by atoms with Crippen LogP contribution in [-0.4, -0.2) is 16.1 Å². The summed E-state index contributed by atoms with van der Waals surface area (Å²) >= 11 is 0. The van der Waals surface area contributed by atoms with Gasteiger partial charge in [-0.15, -0.1) is 0 Å². The van der Waals surface area contributed by atoms with Crippen molar-refractivity contribution in [3.8, 4) is 0 Å². The van der Waals surface area contributed by atoms with Gasteiger partial charge in [-0.3, -0.25) is 0 Å². The van der Waals surface area contributed by atoms with Crippen molar-refractivity contribution in [2.24, 2.45) is 0 Å². The molecule has 2 nitrogen and oxygen atoms in total. The topological polar surface area (TPSA) is 30.2 Å². The first-order chi connectivity index (χ1) is 8.59. The van der Waals surface area contributed by atoms with Crippen molar-refractivity contribution in [1.29, 1.82) is 0 Å². The Bertz CT molecular complexity index is 673. The van der Waals surface area contributed by atoms with Crippen molar-refractivity contribution in [3.05, 3.63) is 34.7 Å². The van der Waals surface area contributed by atoms with Crippen LogP contribution in [-0.2, 0) is 0 Å². The highest BCUT2D eigenvalue weighted by molar-refractivity contribution is 6.89. The fourth-order valence-electron chi connectivity index (χ4n) is 2.10. The number of benzene rings is 1. The molecule has 2 aromatic rings. The summed E-state index contributed by atoms with van der Waals surface area (Å²) in [4.78, 5) is 12.1. The normalized spacial score (nSPS) is 12.9. The lowest BCUT2D eigenvalue weighted by Gasteiger charge is -2.18. The van der Waals surface area contributed by atoms with E-state index in [1.807, 2.05) is 6.07 Å². The van der Waals surface area contributed by atoms with E-state index in [9.17, 15) is 4.79 Å². The Labute approximate surface area is 116 Å².